The lowest BCUT2D eigenvalue weighted by Crippen LogP contribution is -2.30. The van der Waals surface area contributed by atoms with Crippen LogP contribution in [0.25, 0.3) is 10.8 Å². The van der Waals surface area contributed by atoms with Crippen LogP contribution >= 0.6 is 0 Å². The number of pyridine rings is 1. The minimum absolute atomic E-state index is 0.105. The fourth-order valence-corrected chi connectivity index (χ4v) is 3.43. The fraction of sp³-hybridized carbons (Fsp3) is 0.421. The lowest BCUT2D eigenvalue weighted by atomic mass is 9.96. The molecule has 0 bridgehead atoms. The van der Waals surface area contributed by atoms with Gasteiger partial charge in [0.1, 0.15) is 5.75 Å². The molecule has 0 aliphatic carbocycles. The third kappa shape index (κ3) is 3.56. The molecule has 0 unspecified atom stereocenters. The van der Waals surface area contributed by atoms with E-state index < -0.39 is 5.91 Å². The van der Waals surface area contributed by atoms with Crippen molar-refractivity contribution in [1.82, 2.24) is 10.3 Å². The molecule has 1 aliphatic rings. The summed E-state index contributed by atoms with van der Waals surface area (Å²) in [5.74, 6) is 0.760. The van der Waals surface area contributed by atoms with Crippen LogP contribution in [0.4, 0.5) is 0 Å². The highest BCUT2D eigenvalue weighted by Crippen LogP contribution is 2.31. The molecule has 26 heavy (non-hydrogen) atoms. The first-order valence-electron chi connectivity index (χ1n) is 8.72. The lowest BCUT2D eigenvalue weighted by Gasteiger charge is -2.17. The molecule has 1 aromatic heterocycles. The average molecular weight is 357 g/mol. The van der Waals surface area contributed by atoms with Gasteiger partial charge < -0.3 is 20.5 Å². The van der Waals surface area contributed by atoms with Crippen LogP contribution in [-0.4, -0.2) is 36.6 Å². The second kappa shape index (κ2) is 7.59. The van der Waals surface area contributed by atoms with Gasteiger partial charge in [-0.1, -0.05) is 13.3 Å². The topological polar surface area (TPSA) is 104 Å². The molecular formula is C19H23N3O4. The number of aromatic nitrogens is 1. The van der Waals surface area contributed by atoms with Gasteiger partial charge in [0.2, 0.25) is 11.8 Å². The molecule has 2 heterocycles. The zero-order valence-electron chi connectivity index (χ0n) is 15.0. The van der Waals surface area contributed by atoms with Gasteiger partial charge in [-0.25, -0.2) is 4.98 Å². The predicted octanol–water partition coefficient (Wildman–Crippen LogP) is 2.03. The van der Waals surface area contributed by atoms with Gasteiger partial charge in [-0.05, 0) is 29.5 Å². The quantitative estimate of drug-likeness (QED) is 0.789. The maximum Gasteiger partial charge on any atom is 0.252 e. The average Bonchev–Trinajstić information content (AvgIpc) is 3.00. The van der Waals surface area contributed by atoms with Crippen molar-refractivity contribution in [2.45, 2.75) is 32.2 Å². The first-order valence-corrected chi connectivity index (χ1v) is 8.72. The van der Waals surface area contributed by atoms with E-state index in [1.807, 2.05) is 0 Å². The minimum atomic E-state index is -0.550. The van der Waals surface area contributed by atoms with Crippen LogP contribution < -0.4 is 20.5 Å². The highest BCUT2D eigenvalue weighted by Gasteiger charge is 2.30. The number of nitrogens with one attached hydrogen (secondary N) is 1. The van der Waals surface area contributed by atoms with E-state index in [0.29, 0.717) is 36.1 Å². The molecular weight excluding hydrogens is 334 g/mol. The Balaban J connectivity index is 1.78. The highest BCUT2D eigenvalue weighted by atomic mass is 16.5. The Morgan fingerprint density at radius 1 is 1.42 bits per heavy atom. The molecule has 1 aliphatic heterocycles. The second-order valence-electron chi connectivity index (χ2n) is 6.44. The number of nitrogens with two attached hydrogens (primary N) is 1. The van der Waals surface area contributed by atoms with Crippen molar-refractivity contribution in [3.8, 4) is 11.6 Å². The van der Waals surface area contributed by atoms with Crippen molar-refractivity contribution in [3.05, 3.63) is 30.0 Å². The Labute approximate surface area is 151 Å². The van der Waals surface area contributed by atoms with Gasteiger partial charge in [-0.2, -0.15) is 0 Å². The van der Waals surface area contributed by atoms with Crippen LogP contribution in [0, 0.1) is 5.92 Å². The van der Waals surface area contributed by atoms with Crippen LogP contribution in [0.2, 0.25) is 0 Å². The molecule has 2 atom stereocenters. The zero-order valence-corrected chi connectivity index (χ0v) is 15.0. The maximum atomic E-state index is 11.6. The number of fused-ring (bicyclic) bond motifs is 1. The van der Waals surface area contributed by atoms with Gasteiger partial charge in [0, 0.05) is 30.5 Å². The van der Waals surface area contributed by atoms with Crippen LogP contribution in [0.3, 0.4) is 0 Å². The molecule has 1 saturated heterocycles. The van der Waals surface area contributed by atoms with E-state index in [2.05, 4.69) is 17.2 Å². The molecule has 2 amide bonds. The summed E-state index contributed by atoms with van der Waals surface area (Å²) >= 11 is 0. The van der Waals surface area contributed by atoms with Gasteiger partial charge >= 0.3 is 0 Å². The molecule has 0 radical (unpaired) electrons. The largest absolute Gasteiger partial charge is 0.496 e. The maximum absolute atomic E-state index is 11.6. The van der Waals surface area contributed by atoms with E-state index >= 15 is 0 Å². The van der Waals surface area contributed by atoms with E-state index in [4.69, 9.17) is 15.2 Å². The van der Waals surface area contributed by atoms with Crippen LogP contribution in [0.5, 0.6) is 11.6 Å². The number of hydrogen-bond donors (Lipinski definition) is 2. The van der Waals surface area contributed by atoms with Crippen molar-refractivity contribution in [3.63, 3.8) is 0 Å². The smallest absolute Gasteiger partial charge is 0.252 e. The van der Waals surface area contributed by atoms with Crippen LogP contribution in [0.1, 0.15) is 36.5 Å². The molecule has 2 aromatic rings. The fourth-order valence-electron chi connectivity index (χ4n) is 3.43. The number of amides is 2. The summed E-state index contributed by atoms with van der Waals surface area (Å²) in [6, 6.07) is 5.32. The van der Waals surface area contributed by atoms with Gasteiger partial charge in [0.15, 0.2) is 0 Å². The number of hydrogen-bond acceptors (Lipinski definition) is 5. The predicted molar refractivity (Wildman–Crippen MR) is 97.3 cm³/mol. The van der Waals surface area contributed by atoms with Gasteiger partial charge in [0.25, 0.3) is 5.91 Å². The van der Waals surface area contributed by atoms with E-state index in [1.165, 1.54) is 7.11 Å². The van der Waals surface area contributed by atoms with Gasteiger partial charge in [-0.3, -0.25) is 9.59 Å². The summed E-state index contributed by atoms with van der Waals surface area (Å²) in [6.07, 6.45) is 3.89. The molecule has 3 rings (SSSR count). The van der Waals surface area contributed by atoms with Crippen LogP contribution in [-0.2, 0) is 4.79 Å². The van der Waals surface area contributed by atoms with Crippen molar-refractivity contribution in [2.24, 2.45) is 11.7 Å². The Hall–Kier alpha value is -2.83. The Morgan fingerprint density at radius 2 is 2.23 bits per heavy atom. The normalized spacial score (nSPS) is 19.4. The standard InChI is InChI=1S/C19H23N3O4/c1-3-11-9-17(23)22-15(11)5-7-26-19-13-10-16(25-2)14(18(20)24)8-12(13)4-6-21-19/h4,6,8,10-11,15H,3,5,7,9H2,1-2H3,(H2,20,24)(H,22,23)/t11-,15-/m1/s1. The number of rotatable bonds is 7. The summed E-state index contributed by atoms with van der Waals surface area (Å²) in [5.41, 5.74) is 5.72. The molecule has 3 N–H and O–H groups in total. The number of nitrogens with zero attached hydrogens (tertiary/aromatic N) is 1. The van der Waals surface area contributed by atoms with E-state index in [9.17, 15) is 9.59 Å². The third-order valence-corrected chi connectivity index (χ3v) is 4.87. The molecule has 0 saturated carbocycles. The number of primary amides is 1. The van der Waals surface area contributed by atoms with Crippen molar-refractivity contribution >= 4 is 22.6 Å². The minimum Gasteiger partial charge on any atom is -0.496 e. The van der Waals surface area contributed by atoms with E-state index in [-0.39, 0.29) is 11.9 Å². The monoisotopic (exact) mass is 357 g/mol. The van der Waals surface area contributed by atoms with Crippen molar-refractivity contribution in [1.29, 1.82) is 0 Å². The summed E-state index contributed by atoms with van der Waals surface area (Å²) in [4.78, 5) is 27.4. The zero-order chi connectivity index (χ0) is 18.7. The first kappa shape index (κ1) is 18.0. The second-order valence-corrected chi connectivity index (χ2v) is 6.44. The summed E-state index contributed by atoms with van der Waals surface area (Å²) in [7, 11) is 1.48. The van der Waals surface area contributed by atoms with Crippen molar-refractivity contribution < 1.29 is 19.1 Å². The Morgan fingerprint density at radius 3 is 2.92 bits per heavy atom. The number of carbonyl (C=O) groups is 2. The Kier molecular flexibility index (Phi) is 5.25. The van der Waals surface area contributed by atoms with Gasteiger partial charge in [-0.15, -0.1) is 0 Å². The molecule has 0 spiro atoms. The SMILES string of the molecule is CC[C@@H]1CC(=O)N[C@@H]1CCOc1nccc2cc(C(N)=O)c(OC)cc12. The molecule has 7 nitrogen and oxygen atoms in total. The summed E-state index contributed by atoms with van der Waals surface area (Å²) in [6.45, 7) is 2.53. The van der Waals surface area contributed by atoms with E-state index in [0.717, 1.165) is 23.6 Å². The van der Waals surface area contributed by atoms with E-state index in [1.54, 1.807) is 24.4 Å². The number of benzene rings is 1. The first-order chi connectivity index (χ1) is 12.5. The van der Waals surface area contributed by atoms with Crippen molar-refractivity contribution in [2.75, 3.05) is 13.7 Å². The number of methoxy groups -OCH3 is 1. The Bertz CT molecular complexity index is 837. The number of ether oxygens (including phenoxy) is 2. The molecule has 138 valence electrons. The highest BCUT2D eigenvalue weighted by molar-refractivity contribution is 6.01. The van der Waals surface area contributed by atoms with Crippen LogP contribution in [0.15, 0.2) is 24.4 Å². The summed E-state index contributed by atoms with van der Waals surface area (Å²) in [5, 5.41) is 4.55. The summed E-state index contributed by atoms with van der Waals surface area (Å²) < 4.78 is 11.1. The number of carbonyl (C=O) groups excluding carboxylic acids is 2. The molecule has 1 aromatic carbocycles. The molecule has 1 fully saturated rings. The lowest BCUT2D eigenvalue weighted by molar-refractivity contribution is -0.119. The third-order valence-electron chi connectivity index (χ3n) is 4.87. The molecule has 7 heteroatoms. The van der Waals surface area contributed by atoms with Gasteiger partial charge in [0.05, 0.1) is 19.3 Å².